The molecule has 29 heavy (non-hydrogen) atoms. The first-order valence-corrected chi connectivity index (χ1v) is 9.61. The molecule has 0 heterocycles. The number of allylic oxidation sites excluding steroid dienone is 4. The number of nitrogens with two attached hydrogens (primary N) is 1. The highest BCUT2D eigenvalue weighted by Gasteiger charge is 2.54. The molecule has 0 spiro atoms. The molecule has 0 saturated heterocycles. The SMILES string of the molecule is COc1ccc2ccccc2c1[C@@H]1[C@H]2CCCC=C2C(C#N)=C(N)C1(C#N)C#N. The average molecular weight is 380 g/mol. The van der Waals surface area contributed by atoms with E-state index in [4.69, 9.17) is 10.5 Å². The lowest BCUT2D eigenvalue weighted by atomic mass is 9.56. The first-order chi connectivity index (χ1) is 14.1. The molecule has 4 rings (SSSR count). The number of fused-ring (bicyclic) bond motifs is 2. The molecule has 5 nitrogen and oxygen atoms in total. The van der Waals surface area contributed by atoms with Crippen LogP contribution in [0.1, 0.15) is 30.7 Å². The number of nitrogens with zero attached hydrogens (tertiary/aromatic N) is 3. The van der Waals surface area contributed by atoms with Crippen molar-refractivity contribution in [2.75, 3.05) is 7.11 Å². The maximum atomic E-state index is 10.2. The zero-order chi connectivity index (χ0) is 20.6. The Morgan fingerprint density at radius 2 is 1.86 bits per heavy atom. The van der Waals surface area contributed by atoms with Crippen molar-refractivity contribution in [3.05, 3.63) is 64.9 Å². The van der Waals surface area contributed by atoms with Crippen LogP contribution in [0.4, 0.5) is 0 Å². The third-order valence-corrected chi connectivity index (χ3v) is 6.26. The van der Waals surface area contributed by atoms with Gasteiger partial charge in [-0.3, -0.25) is 0 Å². The van der Waals surface area contributed by atoms with E-state index >= 15 is 0 Å². The summed E-state index contributed by atoms with van der Waals surface area (Å²) in [6.45, 7) is 0. The molecular formula is C24H20N4O. The van der Waals surface area contributed by atoms with Crippen LogP contribution in [0.15, 0.2) is 59.3 Å². The van der Waals surface area contributed by atoms with E-state index in [0.29, 0.717) is 5.75 Å². The van der Waals surface area contributed by atoms with Crippen molar-refractivity contribution in [2.24, 2.45) is 17.1 Å². The summed E-state index contributed by atoms with van der Waals surface area (Å²) in [6.07, 6.45) is 4.62. The van der Waals surface area contributed by atoms with Crippen LogP contribution in [0.3, 0.4) is 0 Å². The van der Waals surface area contributed by atoms with Crippen molar-refractivity contribution in [3.63, 3.8) is 0 Å². The Bertz CT molecular complexity index is 1170. The second kappa shape index (κ2) is 7.01. The van der Waals surface area contributed by atoms with Gasteiger partial charge >= 0.3 is 0 Å². The number of ether oxygens (including phenoxy) is 1. The van der Waals surface area contributed by atoms with Crippen molar-refractivity contribution >= 4 is 10.8 Å². The van der Waals surface area contributed by atoms with Gasteiger partial charge in [0.25, 0.3) is 0 Å². The third kappa shape index (κ3) is 2.50. The van der Waals surface area contributed by atoms with Crippen LogP contribution in [-0.4, -0.2) is 7.11 Å². The molecule has 2 atom stereocenters. The van der Waals surface area contributed by atoms with Gasteiger partial charge in [-0.2, -0.15) is 15.8 Å². The maximum absolute atomic E-state index is 10.2. The van der Waals surface area contributed by atoms with E-state index < -0.39 is 11.3 Å². The summed E-state index contributed by atoms with van der Waals surface area (Å²) >= 11 is 0. The van der Waals surface area contributed by atoms with Gasteiger partial charge in [-0.1, -0.05) is 36.4 Å². The summed E-state index contributed by atoms with van der Waals surface area (Å²) in [5.41, 5.74) is 6.76. The lowest BCUT2D eigenvalue weighted by molar-refractivity contribution is 0.307. The molecule has 2 aromatic carbocycles. The molecule has 0 saturated carbocycles. The first kappa shape index (κ1) is 18.6. The fourth-order valence-corrected chi connectivity index (χ4v) is 4.96. The number of hydrogen-bond donors (Lipinski definition) is 1. The minimum atomic E-state index is -1.64. The Hall–Kier alpha value is -3.75. The van der Waals surface area contributed by atoms with E-state index in [9.17, 15) is 15.8 Å². The topological polar surface area (TPSA) is 107 Å². The predicted octanol–water partition coefficient (Wildman–Crippen LogP) is 4.44. The quantitative estimate of drug-likeness (QED) is 0.829. The lowest BCUT2D eigenvalue weighted by Crippen LogP contribution is -2.42. The van der Waals surface area contributed by atoms with E-state index in [-0.39, 0.29) is 17.2 Å². The number of methoxy groups -OCH3 is 1. The highest BCUT2D eigenvalue weighted by Crippen LogP contribution is 2.58. The largest absolute Gasteiger partial charge is 0.496 e. The molecular weight excluding hydrogens is 360 g/mol. The van der Waals surface area contributed by atoms with Gasteiger partial charge < -0.3 is 10.5 Å². The number of benzene rings is 2. The Morgan fingerprint density at radius 1 is 1.10 bits per heavy atom. The third-order valence-electron chi connectivity index (χ3n) is 6.26. The Labute approximate surface area is 169 Å². The molecule has 2 N–H and O–H groups in total. The summed E-state index contributed by atoms with van der Waals surface area (Å²) < 4.78 is 5.70. The Balaban J connectivity index is 2.14. The summed E-state index contributed by atoms with van der Waals surface area (Å²) in [5.74, 6) is -0.0476. The van der Waals surface area contributed by atoms with Gasteiger partial charge in [0.2, 0.25) is 0 Å². The van der Waals surface area contributed by atoms with Gasteiger partial charge in [0, 0.05) is 11.5 Å². The van der Waals surface area contributed by atoms with Crippen LogP contribution in [0, 0.1) is 45.3 Å². The van der Waals surface area contributed by atoms with Gasteiger partial charge in [0.15, 0.2) is 5.41 Å². The highest BCUT2D eigenvalue weighted by atomic mass is 16.5. The van der Waals surface area contributed by atoms with Gasteiger partial charge in [0.05, 0.1) is 30.5 Å². The minimum Gasteiger partial charge on any atom is -0.496 e. The normalized spacial score (nSPS) is 22.6. The van der Waals surface area contributed by atoms with Gasteiger partial charge in [-0.05, 0) is 47.6 Å². The molecule has 0 unspecified atom stereocenters. The summed E-state index contributed by atoms with van der Waals surface area (Å²) in [7, 11) is 1.59. The van der Waals surface area contributed by atoms with Crippen molar-refractivity contribution in [3.8, 4) is 24.0 Å². The van der Waals surface area contributed by atoms with E-state index in [0.717, 1.165) is 41.2 Å². The maximum Gasteiger partial charge on any atom is 0.191 e. The van der Waals surface area contributed by atoms with E-state index in [1.807, 2.05) is 42.5 Å². The number of rotatable bonds is 2. The van der Waals surface area contributed by atoms with Crippen LogP contribution in [0.2, 0.25) is 0 Å². The van der Waals surface area contributed by atoms with Crippen LogP contribution in [-0.2, 0) is 0 Å². The van der Waals surface area contributed by atoms with Crippen LogP contribution >= 0.6 is 0 Å². The molecule has 0 amide bonds. The predicted molar refractivity (Wildman–Crippen MR) is 109 cm³/mol. The van der Waals surface area contributed by atoms with Crippen molar-refractivity contribution in [2.45, 2.75) is 25.2 Å². The summed E-state index contributed by atoms with van der Waals surface area (Å²) in [4.78, 5) is 0. The van der Waals surface area contributed by atoms with E-state index in [1.165, 1.54) is 0 Å². The summed E-state index contributed by atoms with van der Waals surface area (Å²) in [5, 5.41) is 32.2. The molecule has 5 heteroatoms. The highest BCUT2D eigenvalue weighted by molar-refractivity contribution is 5.89. The van der Waals surface area contributed by atoms with Crippen molar-refractivity contribution in [1.82, 2.24) is 0 Å². The lowest BCUT2D eigenvalue weighted by Gasteiger charge is -2.44. The Kier molecular flexibility index (Phi) is 4.50. The minimum absolute atomic E-state index is 0.0504. The molecule has 2 aromatic rings. The van der Waals surface area contributed by atoms with Crippen LogP contribution < -0.4 is 10.5 Å². The number of hydrogen-bond acceptors (Lipinski definition) is 5. The molecule has 0 bridgehead atoms. The Morgan fingerprint density at radius 3 is 2.55 bits per heavy atom. The molecule has 0 aliphatic heterocycles. The molecule has 0 fully saturated rings. The van der Waals surface area contributed by atoms with Gasteiger partial charge in [-0.25, -0.2) is 0 Å². The zero-order valence-corrected chi connectivity index (χ0v) is 16.1. The number of nitriles is 3. The summed E-state index contributed by atoms with van der Waals surface area (Å²) in [6, 6.07) is 18.3. The fourth-order valence-electron chi connectivity index (χ4n) is 4.96. The van der Waals surface area contributed by atoms with Crippen LogP contribution in [0.25, 0.3) is 10.8 Å². The molecule has 142 valence electrons. The van der Waals surface area contributed by atoms with Crippen molar-refractivity contribution < 1.29 is 4.74 Å². The molecule has 2 aliphatic carbocycles. The fraction of sp³-hybridized carbons (Fsp3) is 0.292. The average Bonchev–Trinajstić information content (AvgIpc) is 2.78. The second-order valence-corrected chi connectivity index (χ2v) is 7.51. The molecule has 2 aliphatic rings. The molecule has 0 aromatic heterocycles. The van der Waals surface area contributed by atoms with E-state index in [2.05, 4.69) is 18.2 Å². The van der Waals surface area contributed by atoms with Gasteiger partial charge in [-0.15, -0.1) is 0 Å². The van der Waals surface area contributed by atoms with Crippen LogP contribution in [0.5, 0.6) is 5.75 Å². The monoisotopic (exact) mass is 380 g/mol. The first-order valence-electron chi connectivity index (χ1n) is 9.61. The second-order valence-electron chi connectivity index (χ2n) is 7.51. The standard InChI is InChI=1S/C24H20N4O/c1-29-20-11-10-15-6-2-3-7-16(15)21(20)22-18-9-5-4-8-17(18)19(12-25)23(28)24(22,13-26)14-27/h2-3,6-8,10-11,18,22H,4-5,9,28H2,1H3/t18-,22-/m0/s1. The van der Waals surface area contributed by atoms with Gasteiger partial charge in [0.1, 0.15) is 11.8 Å². The van der Waals surface area contributed by atoms with E-state index in [1.54, 1.807) is 7.11 Å². The zero-order valence-electron chi connectivity index (χ0n) is 16.1. The molecule has 0 radical (unpaired) electrons. The van der Waals surface area contributed by atoms with Crippen molar-refractivity contribution in [1.29, 1.82) is 15.8 Å². The smallest absolute Gasteiger partial charge is 0.191 e.